The van der Waals surface area contributed by atoms with Crippen LogP contribution in [0.3, 0.4) is 0 Å². The molecule has 0 spiro atoms. The standard InChI is InChI=1S/C11H12F2INO2/c1-3-17-9(16)5-7-4-8(11(12)13)10(14)6(2)15-7/h4,11H,3,5H2,1-2H3. The quantitative estimate of drug-likeness (QED) is 0.616. The largest absolute Gasteiger partial charge is 0.466 e. The van der Waals surface area contributed by atoms with E-state index in [1.54, 1.807) is 13.8 Å². The van der Waals surface area contributed by atoms with Crippen molar-refractivity contribution in [3.8, 4) is 0 Å². The van der Waals surface area contributed by atoms with Gasteiger partial charge in [-0.1, -0.05) is 0 Å². The second-order valence-electron chi connectivity index (χ2n) is 3.38. The van der Waals surface area contributed by atoms with E-state index in [0.29, 0.717) is 15.0 Å². The van der Waals surface area contributed by atoms with Gasteiger partial charge in [-0.2, -0.15) is 0 Å². The Kier molecular flexibility index (Phi) is 5.23. The van der Waals surface area contributed by atoms with Crippen molar-refractivity contribution in [2.45, 2.75) is 26.7 Å². The second kappa shape index (κ2) is 6.23. The van der Waals surface area contributed by atoms with Gasteiger partial charge in [0.05, 0.1) is 24.4 Å². The normalized spacial score (nSPS) is 10.7. The highest BCUT2D eigenvalue weighted by Crippen LogP contribution is 2.26. The Hall–Kier alpha value is -0.790. The molecular weight excluding hydrogens is 343 g/mol. The molecule has 0 unspecified atom stereocenters. The first-order valence-corrected chi connectivity index (χ1v) is 6.13. The summed E-state index contributed by atoms with van der Waals surface area (Å²) in [5.41, 5.74) is 0.733. The molecule has 3 nitrogen and oxygen atoms in total. The van der Waals surface area contributed by atoms with Crippen LogP contribution in [0.4, 0.5) is 8.78 Å². The van der Waals surface area contributed by atoms with Crippen molar-refractivity contribution in [1.82, 2.24) is 4.98 Å². The maximum Gasteiger partial charge on any atom is 0.311 e. The van der Waals surface area contributed by atoms with Gasteiger partial charge in [-0.05, 0) is 42.5 Å². The molecule has 1 aromatic rings. The summed E-state index contributed by atoms with van der Waals surface area (Å²) in [7, 11) is 0. The highest BCUT2D eigenvalue weighted by molar-refractivity contribution is 14.1. The van der Waals surface area contributed by atoms with Crippen LogP contribution in [0.15, 0.2) is 6.07 Å². The van der Waals surface area contributed by atoms with Crippen molar-refractivity contribution in [3.05, 3.63) is 26.6 Å². The number of halogens is 3. The van der Waals surface area contributed by atoms with E-state index >= 15 is 0 Å². The van der Waals surface area contributed by atoms with Crippen molar-refractivity contribution in [3.63, 3.8) is 0 Å². The number of rotatable bonds is 4. The molecule has 0 N–H and O–H groups in total. The molecule has 1 heterocycles. The number of esters is 1. The minimum atomic E-state index is -2.57. The van der Waals surface area contributed by atoms with Gasteiger partial charge in [0.1, 0.15) is 0 Å². The maximum atomic E-state index is 12.7. The van der Waals surface area contributed by atoms with Crippen molar-refractivity contribution >= 4 is 28.6 Å². The summed E-state index contributed by atoms with van der Waals surface area (Å²) >= 11 is 1.83. The third-order valence-corrected chi connectivity index (χ3v) is 3.47. The lowest BCUT2D eigenvalue weighted by Gasteiger charge is -2.09. The molecule has 0 saturated carbocycles. The lowest BCUT2D eigenvalue weighted by Crippen LogP contribution is -2.10. The number of carbonyl (C=O) groups is 1. The summed E-state index contributed by atoms with van der Waals surface area (Å²) in [6.07, 6.45) is -2.64. The Morgan fingerprint density at radius 3 is 2.76 bits per heavy atom. The number of aryl methyl sites for hydroxylation is 1. The van der Waals surface area contributed by atoms with Gasteiger partial charge in [0.25, 0.3) is 6.43 Å². The van der Waals surface area contributed by atoms with E-state index in [0.717, 1.165) is 0 Å². The Morgan fingerprint density at radius 1 is 1.59 bits per heavy atom. The minimum absolute atomic E-state index is 0.0781. The van der Waals surface area contributed by atoms with E-state index < -0.39 is 12.4 Å². The van der Waals surface area contributed by atoms with Crippen LogP contribution in [0.25, 0.3) is 0 Å². The molecule has 0 saturated heterocycles. The van der Waals surface area contributed by atoms with E-state index in [4.69, 9.17) is 4.74 Å². The van der Waals surface area contributed by atoms with Crippen molar-refractivity contribution < 1.29 is 18.3 Å². The van der Waals surface area contributed by atoms with Gasteiger partial charge in [-0.15, -0.1) is 0 Å². The predicted octanol–water partition coefficient (Wildman–Crippen LogP) is 3.04. The third-order valence-electron chi connectivity index (χ3n) is 2.07. The molecule has 0 aliphatic carbocycles. The fourth-order valence-corrected chi connectivity index (χ4v) is 1.87. The molecular formula is C11H12F2INO2. The summed E-state index contributed by atoms with van der Waals surface area (Å²) < 4.78 is 30.6. The number of nitrogens with zero attached hydrogens (tertiary/aromatic N) is 1. The Bertz CT molecular complexity index is 424. The first kappa shape index (κ1) is 14.3. The van der Waals surface area contributed by atoms with E-state index in [2.05, 4.69) is 4.98 Å². The van der Waals surface area contributed by atoms with E-state index in [-0.39, 0.29) is 18.6 Å². The zero-order valence-corrected chi connectivity index (χ0v) is 11.6. The number of hydrogen-bond donors (Lipinski definition) is 0. The third kappa shape index (κ3) is 3.86. The Balaban J connectivity index is 2.98. The first-order valence-electron chi connectivity index (χ1n) is 5.05. The average molecular weight is 355 g/mol. The van der Waals surface area contributed by atoms with E-state index in [9.17, 15) is 13.6 Å². The van der Waals surface area contributed by atoms with Crippen LogP contribution in [-0.2, 0) is 16.0 Å². The summed E-state index contributed by atoms with van der Waals surface area (Å²) in [5.74, 6) is -0.458. The number of aromatic nitrogens is 1. The maximum absolute atomic E-state index is 12.7. The predicted molar refractivity (Wildman–Crippen MR) is 67.0 cm³/mol. The van der Waals surface area contributed by atoms with Gasteiger partial charge in [0.15, 0.2) is 0 Å². The number of ether oxygens (including phenoxy) is 1. The molecule has 1 aromatic heterocycles. The molecule has 0 bridgehead atoms. The lowest BCUT2D eigenvalue weighted by molar-refractivity contribution is -0.142. The minimum Gasteiger partial charge on any atom is -0.466 e. The number of alkyl halides is 2. The summed E-state index contributed by atoms with van der Waals surface area (Å²) in [4.78, 5) is 15.3. The summed E-state index contributed by atoms with van der Waals surface area (Å²) in [5, 5.41) is 0. The molecule has 1 rings (SSSR count). The molecule has 94 valence electrons. The number of carbonyl (C=O) groups excluding carboxylic acids is 1. The Labute approximate surface area is 112 Å². The highest BCUT2D eigenvalue weighted by Gasteiger charge is 2.17. The molecule has 6 heteroatoms. The molecule has 0 radical (unpaired) electrons. The van der Waals surface area contributed by atoms with Crippen LogP contribution in [0.5, 0.6) is 0 Å². The lowest BCUT2D eigenvalue weighted by atomic mass is 10.1. The molecule has 17 heavy (non-hydrogen) atoms. The van der Waals surface area contributed by atoms with Gasteiger partial charge < -0.3 is 4.74 Å². The molecule has 0 aromatic carbocycles. The molecule has 0 atom stereocenters. The van der Waals surface area contributed by atoms with Gasteiger partial charge in [-0.25, -0.2) is 8.78 Å². The van der Waals surface area contributed by atoms with Crippen LogP contribution in [-0.4, -0.2) is 17.6 Å². The van der Waals surface area contributed by atoms with Crippen molar-refractivity contribution in [1.29, 1.82) is 0 Å². The first-order chi connectivity index (χ1) is 7.95. The molecule has 0 aliphatic heterocycles. The van der Waals surface area contributed by atoms with Gasteiger partial charge in [0, 0.05) is 9.13 Å². The second-order valence-corrected chi connectivity index (χ2v) is 4.46. The fraction of sp³-hybridized carbons (Fsp3) is 0.455. The number of hydrogen-bond acceptors (Lipinski definition) is 3. The van der Waals surface area contributed by atoms with Gasteiger partial charge >= 0.3 is 5.97 Å². The molecule has 0 amide bonds. The topological polar surface area (TPSA) is 39.2 Å². The average Bonchev–Trinajstić information content (AvgIpc) is 2.23. The zero-order chi connectivity index (χ0) is 13.0. The van der Waals surface area contributed by atoms with E-state index in [1.807, 2.05) is 22.6 Å². The van der Waals surface area contributed by atoms with Gasteiger partial charge in [0.2, 0.25) is 0 Å². The molecule has 0 fully saturated rings. The monoisotopic (exact) mass is 355 g/mol. The van der Waals surface area contributed by atoms with Crippen LogP contribution >= 0.6 is 22.6 Å². The molecule has 0 aliphatic rings. The van der Waals surface area contributed by atoms with E-state index in [1.165, 1.54) is 6.07 Å². The Morgan fingerprint density at radius 2 is 2.24 bits per heavy atom. The fourth-order valence-electron chi connectivity index (χ4n) is 1.36. The van der Waals surface area contributed by atoms with Crippen LogP contribution in [0.2, 0.25) is 0 Å². The summed E-state index contributed by atoms with van der Waals surface area (Å²) in [6.45, 7) is 3.60. The van der Waals surface area contributed by atoms with Gasteiger partial charge in [-0.3, -0.25) is 9.78 Å². The van der Waals surface area contributed by atoms with Crippen molar-refractivity contribution in [2.75, 3.05) is 6.61 Å². The summed E-state index contributed by atoms with van der Waals surface area (Å²) in [6, 6.07) is 1.26. The zero-order valence-electron chi connectivity index (χ0n) is 9.47. The smallest absolute Gasteiger partial charge is 0.311 e. The number of pyridine rings is 1. The SMILES string of the molecule is CCOC(=O)Cc1cc(C(F)F)c(I)c(C)n1. The van der Waals surface area contributed by atoms with Crippen LogP contribution < -0.4 is 0 Å². The van der Waals surface area contributed by atoms with Crippen molar-refractivity contribution in [2.24, 2.45) is 0 Å². The van der Waals surface area contributed by atoms with Crippen LogP contribution in [0.1, 0.15) is 30.3 Å². The highest BCUT2D eigenvalue weighted by atomic mass is 127. The van der Waals surface area contributed by atoms with Crippen LogP contribution in [0, 0.1) is 10.5 Å².